The van der Waals surface area contributed by atoms with Crippen LogP contribution in [0.2, 0.25) is 0 Å². The first kappa shape index (κ1) is 17.5. The lowest BCUT2D eigenvalue weighted by molar-refractivity contribution is -0.139. The van der Waals surface area contributed by atoms with Crippen molar-refractivity contribution in [3.63, 3.8) is 0 Å². The number of rotatable bonds is 5. The van der Waals surface area contributed by atoms with E-state index >= 15 is 0 Å². The van der Waals surface area contributed by atoms with Crippen LogP contribution in [0, 0.1) is 5.92 Å². The summed E-state index contributed by atoms with van der Waals surface area (Å²) in [5.74, 6) is -0.0488. The van der Waals surface area contributed by atoms with Crippen molar-refractivity contribution in [1.29, 1.82) is 0 Å². The molecule has 0 bridgehead atoms. The van der Waals surface area contributed by atoms with Gasteiger partial charge in [-0.1, -0.05) is 50.6 Å². The molecule has 4 nitrogen and oxygen atoms in total. The van der Waals surface area contributed by atoms with Crippen molar-refractivity contribution in [1.82, 2.24) is 10.6 Å². The molecule has 0 saturated heterocycles. The maximum atomic E-state index is 12.0. The molecule has 4 heteroatoms. The highest BCUT2D eigenvalue weighted by atomic mass is 16.2. The minimum Gasteiger partial charge on any atom is -0.347 e. The third-order valence-electron chi connectivity index (χ3n) is 4.90. The van der Waals surface area contributed by atoms with Gasteiger partial charge in [0.2, 0.25) is 0 Å². The second-order valence-electron chi connectivity index (χ2n) is 6.62. The summed E-state index contributed by atoms with van der Waals surface area (Å²) in [6, 6.07) is 10.1. The van der Waals surface area contributed by atoms with Gasteiger partial charge >= 0.3 is 11.8 Å². The Morgan fingerprint density at radius 2 is 1.74 bits per heavy atom. The summed E-state index contributed by atoms with van der Waals surface area (Å²) in [6.07, 6.45) is 5.47. The summed E-state index contributed by atoms with van der Waals surface area (Å²) in [7, 11) is 0. The van der Waals surface area contributed by atoms with E-state index in [-0.39, 0.29) is 12.0 Å². The lowest BCUT2D eigenvalue weighted by Crippen LogP contribution is -2.46. The molecule has 1 aliphatic carbocycles. The summed E-state index contributed by atoms with van der Waals surface area (Å²) in [4.78, 5) is 23.9. The molecule has 1 aromatic carbocycles. The van der Waals surface area contributed by atoms with Gasteiger partial charge in [-0.2, -0.15) is 0 Å². The number of amides is 2. The Bertz CT molecular complexity index is 507. The van der Waals surface area contributed by atoms with Crippen LogP contribution >= 0.6 is 0 Å². The second-order valence-corrected chi connectivity index (χ2v) is 6.62. The molecule has 126 valence electrons. The van der Waals surface area contributed by atoms with E-state index in [1.165, 1.54) is 6.42 Å². The van der Waals surface area contributed by atoms with Crippen LogP contribution in [-0.2, 0) is 9.59 Å². The maximum Gasteiger partial charge on any atom is 0.309 e. The van der Waals surface area contributed by atoms with Crippen molar-refractivity contribution in [2.45, 2.75) is 57.9 Å². The molecule has 0 spiro atoms. The van der Waals surface area contributed by atoms with Crippen LogP contribution in [0.4, 0.5) is 0 Å². The molecular formula is C19H28N2O2. The summed E-state index contributed by atoms with van der Waals surface area (Å²) in [6.45, 7) is 4.73. The Morgan fingerprint density at radius 3 is 2.35 bits per heavy atom. The van der Waals surface area contributed by atoms with E-state index in [1.807, 2.05) is 37.3 Å². The third kappa shape index (κ3) is 5.38. The van der Waals surface area contributed by atoms with Crippen molar-refractivity contribution in [2.24, 2.45) is 5.92 Å². The molecule has 0 aliphatic heterocycles. The number of hydrogen-bond donors (Lipinski definition) is 2. The zero-order valence-corrected chi connectivity index (χ0v) is 14.2. The van der Waals surface area contributed by atoms with Gasteiger partial charge in [0.25, 0.3) is 0 Å². The molecule has 2 amide bonds. The Balaban J connectivity index is 1.72. The number of hydrogen-bond acceptors (Lipinski definition) is 2. The molecule has 0 unspecified atom stereocenters. The van der Waals surface area contributed by atoms with Crippen LogP contribution in [0.3, 0.4) is 0 Å². The maximum absolute atomic E-state index is 12.0. The molecule has 0 radical (unpaired) electrons. The van der Waals surface area contributed by atoms with Gasteiger partial charge in [0.1, 0.15) is 0 Å². The topological polar surface area (TPSA) is 58.2 Å². The molecule has 1 saturated carbocycles. The van der Waals surface area contributed by atoms with Crippen LogP contribution in [0.5, 0.6) is 0 Å². The number of carbonyl (C=O) groups excluding carboxylic acids is 2. The first-order chi connectivity index (χ1) is 11.1. The molecule has 0 heterocycles. The van der Waals surface area contributed by atoms with Crippen molar-refractivity contribution >= 4 is 11.8 Å². The molecule has 0 aromatic heterocycles. The SMILES string of the molecule is CCC1CCC(NC(=O)C(=O)NC[C@@H](C)c2ccccc2)CC1. The highest BCUT2D eigenvalue weighted by molar-refractivity contribution is 6.35. The van der Waals surface area contributed by atoms with Crippen molar-refractivity contribution in [3.8, 4) is 0 Å². The van der Waals surface area contributed by atoms with Gasteiger partial charge in [-0.3, -0.25) is 9.59 Å². The fourth-order valence-electron chi connectivity index (χ4n) is 3.19. The minimum absolute atomic E-state index is 0.155. The Labute approximate surface area is 139 Å². The molecule has 1 atom stereocenters. The van der Waals surface area contributed by atoms with Gasteiger partial charge in [0, 0.05) is 12.6 Å². The summed E-state index contributed by atoms with van der Waals surface area (Å²) in [5.41, 5.74) is 1.16. The van der Waals surface area contributed by atoms with Crippen molar-refractivity contribution < 1.29 is 9.59 Å². The first-order valence-electron chi connectivity index (χ1n) is 8.73. The van der Waals surface area contributed by atoms with E-state index in [2.05, 4.69) is 17.6 Å². The van der Waals surface area contributed by atoms with Gasteiger partial charge in [-0.15, -0.1) is 0 Å². The highest BCUT2D eigenvalue weighted by Crippen LogP contribution is 2.26. The van der Waals surface area contributed by atoms with Crippen LogP contribution in [0.1, 0.15) is 57.4 Å². The summed E-state index contributed by atoms with van der Waals surface area (Å²) < 4.78 is 0. The average Bonchev–Trinajstić information content (AvgIpc) is 2.60. The van der Waals surface area contributed by atoms with Gasteiger partial charge in [-0.05, 0) is 43.1 Å². The van der Waals surface area contributed by atoms with E-state index in [0.29, 0.717) is 6.54 Å². The third-order valence-corrected chi connectivity index (χ3v) is 4.90. The molecule has 1 aliphatic rings. The predicted octanol–water partition coefficient (Wildman–Crippen LogP) is 2.99. The van der Waals surface area contributed by atoms with E-state index in [9.17, 15) is 9.59 Å². The molecule has 23 heavy (non-hydrogen) atoms. The van der Waals surface area contributed by atoms with Crippen molar-refractivity contribution in [3.05, 3.63) is 35.9 Å². The summed E-state index contributed by atoms with van der Waals surface area (Å²) in [5, 5.41) is 5.62. The molecule has 2 rings (SSSR count). The Hall–Kier alpha value is -1.84. The second kappa shape index (κ2) is 8.70. The van der Waals surface area contributed by atoms with Gasteiger partial charge < -0.3 is 10.6 Å². The zero-order valence-electron chi connectivity index (χ0n) is 14.2. The smallest absolute Gasteiger partial charge is 0.309 e. The summed E-state index contributed by atoms with van der Waals surface area (Å²) >= 11 is 0. The van der Waals surface area contributed by atoms with Crippen LogP contribution in [0.25, 0.3) is 0 Å². The van der Waals surface area contributed by atoms with Gasteiger partial charge in [0.05, 0.1) is 0 Å². The molecule has 1 fully saturated rings. The lowest BCUT2D eigenvalue weighted by Gasteiger charge is -2.28. The molecular weight excluding hydrogens is 288 g/mol. The zero-order chi connectivity index (χ0) is 16.7. The number of nitrogens with one attached hydrogen (secondary N) is 2. The Kier molecular flexibility index (Phi) is 6.63. The molecule has 2 N–H and O–H groups in total. The van der Waals surface area contributed by atoms with Crippen LogP contribution < -0.4 is 10.6 Å². The largest absolute Gasteiger partial charge is 0.347 e. The van der Waals surface area contributed by atoms with E-state index in [1.54, 1.807) is 0 Å². The fourth-order valence-corrected chi connectivity index (χ4v) is 3.19. The normalized spacial score (nSPS) is 22.2. The predicted molar refractivity (Wildman–Crippen MR) is 92.0 cm³/mol. The lowest BCUT2D eigenvalue weighted by atomic mass is 9.84. The standard InChI is InChI=1S/C19H28N2O2/c1-3-15-9-11-17(12-10-15)21-19(23)18(22)20-13-14(2)16-7-5-4-6-8-16/h4-8,14-15,17H,3,9-13H2,1-2H3,(H,20,22)(H,21,23)/t14-,15?,17?/m1/s1. The quantitative estimate of drug-likeness (QED) is 0.821. The monoisotopic (exact) mass is 316 g/mol. The molecule has 1 aromatic rings. The van der Waals surface area contributed by atoms with Crippen molar-refractivity contribution in [2.75, 3.05) is 6.54 Å². The van der Waals surface area contributed by atoms with E-state index in [0.717, 1.165) is 37.2 Å². The fraction of sp³-hybridized carbons (Fsp3) is 0.579. The van der Waals surface area contributed by atoms with Crippen LogP contribution in [-0.4, -0.2) is 24.4 Å². The average molecular weight is 316 g/mol. The Morgan fingerprint density at radius 1 is 1.09 bits per heavy atom. The number of benzene rings is 1. The minimum atomic E-state index is -0.523. The van der Waals surface area contributed by atoms with Gasteiger partial charge in [-0.25, -0.2) is 0 Å². The highest BCUT2D eigenvalue weighted by Gasteiger charge is 2.23. The van der Waals surface area contributed by atoms with Crippen LogP contribution in [0.15, 0.2) is 30.3 Å². The van der Waals surface area contributed by atoms with E-state index in [4.69, 9.17) is 0 Å². The van der Waals surface area contributed by atoms with E-state index < -0.39 is 11.8 Å². The first-order valence-corrected chi connectivity index (χ1v) is 8.73. The van der Waals surface area contributed by atoms with Gasteiger partial charge in [0.15, 0.2) is 0 Å². The number of carbonyl (C=O) groups is 2.